The van der Waals surface area contributed by atoms with Gasteiger partial charge in [0.25, 0.3) is 0 Å². The second-order valence-electron chi connectivity index (χ2n) is 4.80. The minimum absolute atomic E-state index is 0.195. The van der Waals surface area contributed by atoms with E-state index in [1.807, 2.05) is 13.8 Å². The maximum Gasteiger partial charge on any atom is 0.406 e. The lowest BCUT2D eigenvalue weighted by molar-refractivity contribution is -0.166. The molecule has 1 unspecified atom stereocenters. The Balaban J connectivity index is 2.50. The fraction of sp³-hybridized carbons (Fsp3) is 1.00. The van der Waals surface area contributed by atoms with E-state index in [0.717, 1.165) is 6.42 Å². The molecule has 0 bridgehead atoms. The molecular weight excluding hydrogens is 205 g/mol. The summed E-state index contributed by atoms with van der Waals surface area (Å²) in [6.45, 7) is 4.60. The van der Waals surface area contributed by atoms with E-state index in [4.69, 9.17) is 5.73 Å². The lowest BCUT2D eigenvalue weighted by atomic mass is 9.87. The highest BCUT2D eigenvalue weighted by Gasteiger charge is 2.63. The van der Waals surface area contributed by atoms with Crippen LogP contribution in [0.5, 0.6) is 0 Å². The summed E-state index contributed by atoms with van der Waals surface area (Å²) in [6.07, 6.45) is -2.96. The molecule has 0 radical (unpaired) electrons. The summed E-state index contributed by atoms with van der Waals surface area (Å²) in [6, 6.07) is 0. The van der Waals surface area contributed by atoms with Crippen LogP contribution in [0.4, 0.5) is 13.2 Å². The Hall–Kier alpha value is -0.290. The standard InChI is InChI=1S/C10H19F3N2/c1-3-8(2,6-14)7-15-9(4-5-9)10(11,12)13/h15H,3-7,14H2,1-2H3. The van der Waals surface area contributed by atoms with Crippen LogP contribution in [0.2, 0.25) is 0 Å². The Morgan fingerprint density at radius 3 is 2.13 bits per heavy atom. The third-order valence-electron chi connectivity index (χ3n) is 3.49. The predicted molar refractivity (Wildman–Crippen MR) is 53.5 cm³/mol. The Labute approximate surface area is 88.4 Å². The molecule has 0 saturated heterocycles. The second kappa shape index (κ2) is 3.94. The minimum Gasteiger partial charge on any atom is -0.330 e. The first kappa shape index (κ1) is 12.8. The van der Waals surface area contributed by atoms with Gasteiger partial charge in [0.1, 0.15) is 5.54 Å². The number of halogens is 3. The molecule has 0 heterocycles. The zero-order valence-corrected chi connectivity index (χ0v) is 9.25. The number of hydrogen-bond donors (Lipinski definition) is 2. The molecule has 0 spiro atoms. The van der Waals surface area contributed by atoms with Crippen molar-refractivity contribution in [2.75, 3.05) is 13.1 Å². The highest BCUT2D eigenvalue weighted by Crippen LogP contribution is 2.49. The summed E-state index contributed by atoms with van der Waals surface area (Å²) < 4.78 is 37.8. The lowest BCUT2D eigenvalue weighted by Gasteiger charge is -2.30. The van der Waals surface area contributed by atoms with Crippen molar-refractivity contribution in [3.63, 3.8) is 0 Å². The molecule has 1 fully saturated rings. The molecule has 1 saturated carbocycles. The topological polar surface area (TPSA) is 38.0 Å². The first-order valence-corrected chi connectivity index (χ1v) is 5.30. The van der Waals surface area contributed by atoms with Gasteiger partial charge in [-0.2, -0.15) is 13.2 Å². The first-order valence-electron chi connectivity index (χ1n) is 5.30. The zero-order chi connectivity index (χ0) is 11.7. The number of alkyl halides is 3. The van der Waals surface area contributed by atoms with Gasteiger partial charge in [-0.1, -0.05) is 13.8 Å². The SMILES string of the molecule is CCC(C)(CN)CNC1(C(F)(F)F)CC1. The van der Waals surface area contributed by atoms with Gasteiger partial charge in [-0.15, -0.1) is 0 Å². The van der Waals surface area contributed by atoms with Crippen LogP contribution in [0.1, 0.15) is 33.1 Å². The van der Waals surface area contributed by atoms with Gasteiger partial charge in [0, 0.05) is 6.54 Å². The van der Waals surface area contributed by atoms with E-state index < -0.39 is 11.7 Å². The average molecular weight is 224 g/mol. The van der Waals surface area contributed by atoms with E-state index in [1.165, 1.54) is 0 Å². The molecule has 1 atom stereocenters. The molecule has 2 nitrogen and oxygen atoms in total. The zero-order valence-electron chi connectivity index (χ0n) is 9.25. The van der Waals surface area contributed by atoms with Crippen molar-refractivity contribution in [1.82, 2.24) is 5.32 Å². The number of nitrogens with one attached hydrogen (secondary N) is 1. The molecule has 0 aromatic heterocycles. The summed E-state index contributed by atoms with van der Waals surface area (Å²) >= 11 is 0. The van der Waals surface area contributed by atoms with Crippen LogP contribution in [-0.2, 0) is 0 Å². The van der Waals surface area contributed by atoms with Crippen molar-refractivity contribution in [2.45, 2.75) is 44.8 Å². The van der Waals surface area contributed by atoms with Gasteiger partial charge < -0.3 is 11.1 Å². The van der Waals surface area contributed by atoms with Crippen LogP contribution in [0.3, 0.4) is 0 Å². The van der Waals surface area contributed by atoms with Crippen molar-refractivity contribution in [1.29, 1.82) is 0 Å². The number of nitrogens with two attached hydrogens (primary N) is 1. The van der Waals surface area contributed by atoms with Crippen molar-refractivity contribution in [2.24, 2.45) is 11.1 Å². The maximum absolute atomic E-state index is 12.6. The van der Waals surface area contributed by atoms with Gasteiger partial charge in [0.05, 0.1) is 0 Å². The predicted octanol–water partition coefficient (Wildman–Crippen LogP) is 2.05. The van der Waals surface area contributed by atoms with Crippen molar-refractivity contribution in [3.05, 3.63) is 0 Å². The third kappa shape index (κ3) is 2.64. The van der Waals surface area contributed by atoms with Crippen LogP contribution in [0, 0.1) is 5.41 Å². The molecule has 90 valence electrons. The largest absolute Gasteiger partial charge is 0.406 e. The smallest absolute Gasteiger partial charge is 0.330 e. The summed E-state index contributed by atoms with van der Waals surface area (Å²) in [7, 11) is 0. The molecule has 15 heavy (non-hydrogen) atoms. The van der Waals surface area contributed by atoms with Crippen LogP contribution in [0.15, 0.2) is 0 Å². The van der Waals surface area contributed by atoms with Gasteiger partial charge >= 0.3 is 6.18 Å². The van der Waals surface area contributed by atoms with Gasteiger partial charge in [-0.05, 0) is 31.2 Å². The van der Waals surface area contributed by atoms with Crippen molar-refractivity contribution < 1.29 is 13.2 Å². The summed E-state index contributed by atoms with van der Waals surface area (Å²) in [5.74, 6) is 0. The number of hydrogen-bond acceptors (Lipinski definition) is 2. The Bertz CT molecular complexity index is 217. The molecule has 1 rings (SSSR count). The fourth-order valence-electron chi connectivity index (χ4n) is 1.41. The molecule has 0 aliphatic heterocycles. The Morgan fingerprint density at radius 2 is 1.87 bits per heavy atom. The maximum atomic E-state index is 12.6. The van der Waals surface area contributed by atoms with Gasteiger partial charge in [0.15, 0.2) is 0 Å². The van der Waals surface area contributed by atoms with Crippen molar-refractivity contribution >= 4 is 0 Å². The lowest BCUT2D eigenvalue weighted by Crippen LogP contribution is -2.50. The van der Waals surface area contributed by atoms with Crippen LogP contribution in [-0.4, -0.2) is 24.8 Å². The van der Waals surface area contributed by atoms with E-state index in [1.54, 1.807) is 0 Å². The fourth-order valence-corrected chi connectivity index (χ4v) is 1.41. The molecular formula is C10H19F3N2. The minimum atomic E-state index is -4.13. The second-order valence-corrected chi connectivity index (χ2v) is 4.80. The summed E-state index contributed by atoms with van der Waals surface area (Å²) in [4.78, 5) is 0. The van der Waals surface area contributed by atoms with Crippen LogP contribution in [0.25, 0.3) is 0 Å². The van der Waals surface area contributed by atoms with Gasteiger partial charge in [0.2, 0.25) is 0 Å². The Morgan fingerprint density at radius 1 is 1.33 bits per heavy atom. The summed E-state index contributed by atoms with van der Waals surface area (Å²) in [5.41, 5.74) is 3.71. The van der Waals surface area contributed by atoms with Crippen LogP contribution < -0.4 is 11.1 Å². The van der Waals surface area contributed by atoms with E-state index in [2.05, 4.69) is 5.32 Å². The molecule has 1 aliphatic carbocycles. The van der Waals surface area contributed by atoms with E-state index in [-0.39, 0.29) is 18.3 Å². The molecule has 3 N–H and O–H groups in total. The quantitative estimate of drug-likeness (QED) is 0.750. The van der Waals surface area contributed by atoms with Gasteiger partial charge in [-0.25, -0.2) is 0 Å². The molecule has 1 aliphatic rings. The summed E-state index contributed by atoms with van der Waals surface area (Å²) in [5, 5.41) is 2.65. The molecule has 0 amide bonds. The Kier molecular flexibility index (Phi) is 3.36. The normalized spacial score (nSPS) is 23.6. The van der Waals surface area contributed by atoms with E-state index in [0.29, 0.717) is 13.1 Å². The van der Waals surface area contributed by atoms with Crippen molar-refractivity contribution in [3.8, 4) is 0 Å². The monoisotopic (exact) mass is 224 g/mol. The third-order valence-corrected chi connectivity index (χ3v) is 3.49. The highest BCUT2D eigenvalue weighted by molar-refractivity contribution is 5.08. The van der Waals surface area contributed by atoms with E-state index in [9.17, 15) is 13.2 Å². The average Bonchev–Trinajstić information content (AvgIpc) is 2.94. The first-order chi connectivity index (χ1) is 6.79. The molecule has 5 heteroatoms. The van der Waals surface area contributed by atoms with Crippen LogP contribution >= 0.6 is 0 Å². The van der Waals surface area contributed by atoms with Gasteiger partial charge in [-0.3, -0.25) is 0 Å². The van der Waals surface area contributed by atoms with E-state index >= 15 is 0 Å². The number of rotatable bonds is 5. The highest BCUT2D eigenvalue weighted by atomic mass is 19.4. The molecule has 0 aromatic rings. The molecule has 0 aromatic carbocycles.